The molecule has 1 aromatic carbocycles. The van der Waals surface area contributed by atoms with Crippen LogP contribution in [-0.2, 0) is 11.2 Å². The second kappa shape index (κ2) is 6.57. The van der Waals surface area contributed by atoms with Crippen molar-refractivity contribution in [3.63, 3.8) is 0 Å². The van der Waals surface area contributed by atoms with Gasteiger partial charge in [-0.15, -0.1) is 0 Å². The molecule has 1 saturated carbocycles. The highest BCUT2D eigenvalue weighted by atomic mass is 16.3. The summed E-state index contributed by atoms with van der Waals surface area (Å²) in [6.45, 7) is 0.160. The lowest BCUT2D eigenvalue weighted by Gasteiger charge is -2.30. The van der Waals surface area contributed by atoms with Gasteiger partial charge in [0.05, 0.1) is 6.42 Å². The van der Waals surface area contributed by atoms with Crippen LogP contribution in [-0.4, -0.2) is 23.7 Å². The highest BCUT2D eigenvalue weighted by molar-refractivity contribution is 5.79. The maximum absolute atomic E-state index is 12.0. The number of nitrogens with two attached hydrogens (primary N) is 1. The van der Waals surface area contributed by atoms with E-state index in [1.165, 1.54) is 0 Å². The van der Waals surface area contributed by atoms with Gasteiger partial charge in [0.1, 0.15) is 0 Å². The monoisotopic (exact) mass is 262 g/mol. The molecule has 19 heavy (non-hydrogen) atoms. The Balaban J connectivity index is 1.88. The minimum atomic E-state index is 0.0233. The summed E-state index contributed by atoms with van der Waals surface area (Å²) in [6.07, 6.45) is 4.62. The molecule has 4 N–H and O–H groups in total. The van der Waals surface area contributed by atoms with Crippen molar-refractivity contribution in [3.8, 4) is 0 Å². The van der Waals surface area contributed by atoms with Gasteiger partial charge in [0.25, 0.3) is 0 Å². The molecule has 2 rings (SSSR count). The van der Waals surface area contributed by atoms with Crippen molar-refractivity contribution in [2.24, 2.45) is 5.92 Å². The first kappa shape index (κ1) is 13.9. The molecule has 0 heterocycles. The lowest BCUT2D eigenvalue weighted by Crippen LogP contribution is -2.44. The predicted octanol–water partition coefficient (Wildman–Crippen LogP) is 1.48. The Kier molecular flexibility index (Phi) is 4.80. The first-order valence-electron chi connectivity index (χ1n) is 6.93. The summed E-state index contributed by atoms with van der Waals surface area (Å²) in [7, 11) is 0. The normalized spacial score (nSPS) is 23.0. The summed E-state index contributed by atoms with van der Waals surface area (Å²) >= 11 is 0. The smallest absolute Gasteiger partial charge is 0.224 e. The van der Waals surface area contributed by atoms with Gasteiger partial charge in [0.2, 0.25) is 5.91 Å². The van der Waals surface area contributed by atoms with Gasteiger partial charge in [0.15, 0.2) is 0 Å². The van der Waals surface area contributed by atoms with E-state index in [0.717, 1.165) is 31.2 Å². The SMILES string of the molecule is Nc1ccc(CC(=O)NC2CCCCC2CO)cc1. The molecule has 1 aliphatic rings. The molecule has 0 saturated heterocycles. The van der Waals surface area contributed by atoms with E-state index in [1.54, 1.807) is 12.1 Å². The average molecular weight is 262 g/mol. The quantitative estimate of drug-likeness (QED) is 0.719. The number of hydrogen-bond donors (Lipinski definition) is 3. The first-order valence-corrected chi connectivity index (χ1v) is 6.93. The van der Waals surface area contributed by atoms with Crippen molar-refractivity contribution >= 4 is 11.6 Å². The van der Waals surface area contributed by atoms with Gasteiger partial charge < -0.3 is 16.2 Å². The Bertz CT molecular complexity index is 417. The molecule has 0 radical (unpaired) electrons. The molecule has 4 nitrogen and oxygen atoms in total. The van der Waals surface area contributed by atoms with Gasteiger partial charge in [-0.05, 0) is 30.5 Å². The van der Waals surface area contributed by atoms with Gasteiger partial charge in [-0.3, -0.25) is 4.79 Å². The van der Waals surface area contributed by atoms with Crippen LogP contribution in [0.3, 0.4) is 0 Å². The van der Waals surface area contributed by atoms with Crippen LogP contribution >= 0.6 is 0 Å². The third-order valence-corrected chi connectivity index (χ3v) is 3.83. The Morgan fingerprint density at radius 2 is 1.95 bits per heavy atom. The van der Waals surface area contributed by atoms with Gasteiger partial charge in [-0.2, -0.15) is 0 Å². The second-order valence-corrected chi connectivity index (χ2v) is 5.32. The Morgan fingerprint density at radius 3 is 2.63 bits per heavy atom. The van der Waals surface area contributed by atoms with Crippen molar-refractivity contribution < 1.29 is 9.90 Å². The topological polar surface area (TPSA) is 75.4 Å². The van der Waals surface area contributed by atoms with E-state index < -0.39 is 0 Å². The first-order chi connectivity index (χ1) is 9.19. The van der Waals surface area contributed by atoms with E-state index in [-0.39, 0.29) is 24.5 Å². The molecular weight excluding hydrogens is 240 g/mol. The Morgan fingerprint density at radius 1 is 1.26 bits per heavy atom. The summed E-state index contributed by atoms with van der Waals surface area (Å²) in [4.78, 5) is 12.0. The zero-order valence-corrected chi connectivity index (χ0v) is 11.1. The minimum absolute atomic E-state index is 0.0233. The van der Waals surface area contributed by atoms with Crippen LogP contribution in [0.5, 0.6) is 0 Å². The minimum Gasteiger partial charge on any atom is -0.399 e. The van der Waals surface area contributed by atoms with Gasteiger partial charge >= 0.3 is 0 Å². The van der Waals surface area contributed by atoms with Crippen LogP contribution in [0.15, 0.2) is 24.3 Å². The summed E-state index contributed by atoms with van der Waals surface area (Å²) in [5, 5.41) is 12.4. The number of nitrogen functional groups attached to an aromatic ring is 1. The molecule has 1 aliphatic carbocycles. The Labute approximate surface area is 114 Å². The predicted molar refractivity (Wildman–Crippen MR) is 75.5 cm³/mol. The van der Waals surface area contributed by atoms with E-state index in [0.29, 0.717) is 12.1 Å². The molecule has 1 fully saturated rings. The molecule has 104 valence electrons. The number of aliphatic hydroxyl groups is 1. The van der Waals surface area contributed by atoms with E-state index in [1.807, 2.05) is 12.1 Å². The summed E-state index contributed by atoms with van der Waals surface area (Å²) in [5.41, 5.74) is 7.28. The van der Waals surface area contributed by atoms with Crippen molar-refractivity contribution in [2.75, 3.05) is 12.3 Å². The van der Waals surface area contributed by atoms with Crippen LogP contribution in [0.25, 0.3) is 0 Å². The highest BCUT2D eigenvalue weighted by Crippen LogP contribution is 2.24. The Hall–Kier alpha value is -1.55. The van der Waals surface area contributed by atoms with Crippen LogP contribution in [0, 0.1) is 5.92 Å². The van der Waals surface area contributed by atoms with Crippen LogP contribution in [0.4, 0.5) is 5.69 Å². The zero-order valence-electron chi connectivity index (χ0n) is 11.1. The second-order valence-electron chi connectivity index (χ2n) is 5.32. The number of anilines is 1. The molecule has 1 amide bonds. The standard InChI is InChI=1S/C15H22N2O2/c16-13-7-5-11(6-8-13)9-15(19)17-14-4-2-1-3-12(14)10-18/h5-8,12,14,18H,1-4,9-10,16H2,(H,17,19). The molecular formula is C15H22N2O2. The van der Waals surface area contributed by atoms with Crippen LogP contribution < -0.4 is 11.1 Å². The molecule has 0 spiro atoms. The third kappa shape index (κ3) is 3.96. The highest BCUT2D eigenvalue weighted by Gasteiger charge is 2.25. The molecule has 2 unspecified atom stereocenters. The fraction of sp³-hybridized carbons (Fsp3) is 0.533. The molecule has 0 bridgehead atoms. The number of nitrogens with one attached hydrogen (secondary N) is 1. The average Bonchev–Trinajstić information content (AvgIpc) is 2.42. The molecule has 1 aromatic rings. The van der Waals surface area contributed by atoms with E-state index in [9.17, 15) is 9.90 Å². The number of rotatable bonds is 4. The van der Waals surface area contributed by atoms with Gasteiger partial charge in [-0.1, -0.05) is 25.0 Å². The lowest BCUT2D eigenvalue weighted by molar-refractivity contribution is -0.121. The number of carbonyl (C=O) groups is 1. The maximum Gasteiger partial charge on any atom is 0.224 e. The van der Waals surface area contributed by atoms with E-state index in [4.69, 9.17) is 5.73 Å². The van der Waals surface area contributed by atoms with Crippen molar-refractivity contribution in [2.45, 2.75) is 38.1 Å². The lowest BCUT2D eigenvalue weighted by atomic mass is 9.85. The molecule has 0 aliphatic heterocycles. The van der Waals surface area contributed by atoms with Crippen LogP contribution in [0.1, 0.15) is 31.2 Å². The van der Waals surface area contributed by atoms with Gasteiger partial charge in [0, 0.05) is 24.3 Å². The fourth-order valence-corrected chi connectivity index (χ4v) is 2.69. The fourth-order valence-electron chi connectivity index (χ4n) is 2.69. The zero-order chi connectivity index (χ0) is 13.7. The van der Waals surface area contributed by atoms with Crippen molar-refractivity contribution in [3.05, 3.63) is 29.8 Å². The molecule has 0 aromatic heterocycles. The number of aliphatic hydroxyl groups excluding tert-OH is 1. The molecule has 4 heteroatoms. The number of carbonyl (C=O) groups excluding carboxylic acids is 1. The van der Waals surface area contributed by atoms with Gasteiger partial charge in [-0.25, -0.2) is 0 Å². The molecule has 2 atom stereocenters. The summed E-state index contributed by atoms with van der Waals surface area (Å²) in [6, 6.07) is 7.48. The summed E-state index contributed by atoms with van der Waals surface area (Å²) in [5.74, 6) is 0.235. The third-order valence-electron chi connectivity index (χ3n) is 3.83. The number of amides is 1. The van der Waals surface area contributed by atoms with Crippen molar-refractivity contribution in [1.29, 1.82) is 0 Å². The van der Waals surface area contributed by atoms with Crippen LogP contribution in [0.2, 0.25) is 0 Å². The number of benzene rings is 1. The van der Waals surface area contributed by atoms with Crippen molar-refractivity contribution in [1.82, 2.24) is 5.32 Å². The summed E-state index contributed by atoms with van der Waals surface area (Å²) < 4.78 is 0. The number of hydrogen-bond acceptors (Lipinski definition) is 3. The van der Waals surface area contributed by atoms with E-state index >= 15 is 0 Å². The van der Waals surface area contributed by atoms with E-state index in [2.05, 4.69) is 5.32 Å². The largest absolute Gasteiger partial charge is 0.399 e. The maximum atomic E-state index is 12.0.